The Morgan fingerprint density at radius 1 is 1.50 bits per heavy atom. The molecule has 4 heteroatoms. The van der Waals surface area contributed by atoms with Crippen molar-refractivity contribution in [3.05, 3.63) is 24.3 Å². The number of para-hydroxylation sites is 1. The number of carbonyl (C=O) groups is 1. The molecule has 4 nitrogen and oxygen atoms in total. The van der Waals surface area contributed by atoms with Gasteiger partial charge in [0.05, 0.1) is 5.52 Å². The Morgan fingerprint density at radius 2 is 2.29 bits per heavy atom. The Morgan fingerprint density at radius 3 is 3.07 bits per heavy atom. The van der Waals surface area contributed by atoms with Gasteiger partial charge in [0.15, 0.2) is 5.82 Å². The lowest BCUT2D eigenvalue weighted by Gasteiger charge is -1.94. The zero-order chi connectivity index (χ0) is 9.97. The van der Waals surface area contributed by atoms with Gasteiger partial charge in [-0.2, -0.15) is 5.10 Å². The predicted molar refractivity (Wildman–Crippen MR) is 53.6 cm³/mol. The second-order valence-electron chi connectivity index (χ2n) is 2.72. The lowest BCUT2D eigenvalue weighted by molar-refractivity contribution is -0.111. The molecule has 2 aromatic rings. The van der Waals surface area contributed by atoms with E-state index in [0.717, 1.165) is 10.9 Å². The Kier molecular flexibility index (Phi) is 1.92. The molecule has 2 rings (SSSR count). The highest BCUT2D eigenvalue weighted by molar-refractivity contribution is 6.07. The minimum absolute atomic E-state index is 0.462. The van der Waals surface area contributed by atoms with Gasteiger partial charge in [0.2, 0.25) is 0 Å². The molecule has 0 aliphatic rings. The number of nitrogens with one attached hydrogen (secondary N) is 2. The molecular weight excluding hydrogens is 178 g/mol. The second kappa shape index (κ2) is 3.23. The molecule has 14 heavy (non-hydrogen) atoms. The highest BCUT2D eigenvalue weighted by Gasteiger charge is 2.05. The van der Waals surface area contributed by atoms with Crippen LogP contribution in [0.3, 0.4) is 0 Å². The van der Waals surface area contributed by atoms with Crippen LogP contribution in [-0.2, 0) is 4.79 Å². The normalized spacial score (nSPS) is 9.64. The Hall–Kier alpha value is -2.28. The summed E-state index contributed by atoms with van der Waals surface area (Å²) in [6.07, 6.45) is 4.93. The average Bonchev–Trinajstić information content (AvgIpc) is 2.62. The first kappa shape index (κ1) is 8.32. The van der Waals surface area contributed by atoms with Crippen LogP contribution < -0.4 is 5.32 Å². The van der Waals surface area contributed by atoms with Gasteiger partial charge in [-0.15, -0.1) is 6.42 Å². The first-order chi connectivity index (χ1) is 6.81. The van der Waals surface area contributed by atoms with E-state index in [2.05, 4.69) is 15.5 Å². The first-order valence-corrected chi connectivity index (χ1v) is 4.02. The number of fused-ring (bicyclic) bond motifs is 1. The number of carbonyl (C=O) groups excluding carboxylic acids is 1. The van der Waals surface area contributed by atoms with E-state index in [-0.39, 0.29) is 0 Å². The molecule has 2 N–H and O–H groups in total. The van der Waals surface area contributed by atoms with Gasteiger partial charge in [-0.25, -0.2) is 0 Å². The fourth-order valence-corrected chi connectivity index (χ4v) is 1.20. The molecule has 0 saturated carbocycles. The smallest absolute Gasteiger partial charge is 0.298 e. The number of aromatic amines is 1. The van der Waals surface area contributed by atoms with Gasteiger partial charge < -0.3 is 0 Å². The quantitative estimate of drug-likeness (QED) is 0.654. The molecule has 1 aromatic heterocycles. The zero-order valence-corrected chi connectivity index (χ0v) is 7.24. The van der Waals surface area contributed by atoms with Gasteiger partial charge in [0, 0.05) is 5.39 Å². The summed E-state index contributed by atoms with van der Waals surface area (Å²) in [7, 11) is 0. The monoisotopic (exact) mass is 185 g/mol. The van der Waals surface area contributed by atoms with Crippen molar-refractivity contribution in [2.75, 3.05) is 5.32 Å². The third kappa shape index (κ3) is 1.31. The van der Waals surface area contributed by atoms with Crippen LogP contribution in [0.2, 0.25) is 0 Å². The van der Waals surface area contributed by atoms with E-state index in [0.29, 0.717) is 5.82 Å². The predicted octanol–water partition coefficient (Wildman–Crippen LogP) is 1.13. The van der Waals surface area contributed by atoms with Crippen molar-refractivity contribution in [1.29, 1.82) is 0 Å². The van der Waals surface area contributed by atoms with E-state index in [1.165, 1.54) is 0 Å². The maximum Gasteiger partial charge on any atom is 0.301 e. The number of hydrogen-bond acceptors (Lipinski definition) is 2. The summed E-state index contributed by atoms with van der Waals surface area (Å²) in [5, 5.41) is 10.1. The van der Waals surface area contributed by atoms with Crippen molar-refractivity contribution in [2.24, 2.45) is 0 Å². The molecule has 0 atom stereocenters. The molecule has 0 saturated heterocycles. The van der Waals surface area contributed by atoms with Gasteiger partial charge in [0.25, 0.3) is 0 Å². The van der Waals surface area contributed by atoms with Gasteiger partial charge in [-0.05, 0) is 18.1 Å². The van der Waals surface area contributed by atoms with Crippen LogP contribution >= 0.6 is 0 Å². The van der Waals surface area contributed by atoms with E-state index in [1.54, 1.807) is 0 Å². The number of rotatable bonds is 1. The van der Waals surface area contributed by atoms with Crippen LogP contribution in [0.1, 0.15) is 0 Å². The van der Waals surface area contributed by atoms with E-state index >= 15 is 0 Å². The maximum absolute atomic E-state index is 10.9. The van der Waals surface area contributed by atoms with Crippen LogP contribution in [0.4, 0.5) is 5.82 Å². The molecule has 0 aliphatic carbocycles. The number of aromatic nitrogens is 2. The molecule has 0 aliphatic heterocycles. The number of benzene rings is 1. The van der Waals surface area contributed by atoms with Crippen molar-refractivity contribution < 1.29 is 4.79 Å². The van der Waals surface area contributed by atoms with Gasteiger partial charge in [0.1, 0.15) is 0 Å². The fourth-order valence-electron chi connectivity index (χ4n) is 1.20. The molecule has 1 amide bonds. The topological polar surface area (TPSA) is 57.8 Å². The number of H-pyrrole nitrogens is 1. The number of hydrogen-bond donors (Lipinski definition) is 2. The summed E-state index contributed by atoms with van der Waals surface area (Å²) in [4.78, 5) is 10.9. The molecule has 0 bridgehead atoms. The highest BCUT2D eigenvalue weighted by atomic mass is 16.1. The molecule has 68 valence electrons. The third-order valence-electron chi connectivity index (χ3n) is 1.83. The van der Waals surface area contributed by atoms with Crippen molar-refractivity contribution in [3.8, 4) is 12.3 Å². The van der Waals surface area contributed by atoms with Crippen LogP contribution in [-0.4, -0.2) is 16.1 Å². The summed E-state index contributed by atoms with van der Waals surface area (Å²) < 4.78 is 0. The number of terminal acetylenes is 1. The fraction of sp³-hybridized carbons (Fsp3) is 0. The van der Waals surface area contributed by atoms with Crippen LogP contribution in [0, 0.1) is 12.3 Å². The lowest BCUT2D eigenvalue weighted by Crippen LogP contribution is -2.08. The average molecular weight is 185 g/mol. The largest absolute Gasteiger partial charge is 0.301 e. The van der Waals surface area contributed by atoms with Crippen molar-refractivity contribution in [1.82, 2.24) is 10.2 Å². The van der Waals surface area contributed by atoms with E-state index in [1.807, 2.05) is 30.2 Å². The third-order valence-corrected chi connectivity index (χ3v) is 1.83. The zero-order valence-electron chi connectivity index (χ0n) is 7.24. The Bertz CT molecular complexity index is 521. The Labute approximate surface area is 80.3 Å². The summed E-state index contributed by atoms with van der Waals surface area (Å²) in [6.45, 7) is 0. The highest BCUT2D eigenvalue weighted by Crippen LogP contribution is 2.18. The van der Waals surface area contributed by atoms with E-state index < -0.39 is 5.91 Å². The second-order valence-corrected chi connectivity index (χ2v) is 2.72. The summed E-state index contributed by atoms with van der Waals surface area (Å²) >= 11 is 0. The molecule has 1 aromatic carbocycles. The molecule has 0 spiro atoms. The number of nitrogens with zero attached hydrogens (tertiary/aromatic N) is 1. The van der Waals surface area contributed by atoms with E-state index in [4.69, 9.17) is 6.42 Å². The molecular formula is C10H7N3O. The summed E-state index contributed by atoms with van der Waals surface area (Å²) in [5.74, 6) is 1.93. The molecule has 0 unspecified atom stereocenters. The minimum atomic E-state index is -0.498. The molecule has 1 heterocycles. The number of anilines is 1. The maximum atomic E-state index is 10.9. The van der Waals surface area contributed by atoms with Gasteiger partial charge in [-0.3, -0.25) is 15.2 Å². The van der Waals surface area contributed by atoms with Crippen LogP contribution in [0.15, 0.2) is 24.3 Å². The standard InChI is InChI=1S/C10H7N3O/c1-2-9(14)11-10-7-5-3-4-6-8(7)12-13-10/h1,3-6H,(H2,11,12,13,14). The van der Waals surface area contributed by atoms with E-state index in [9.17, 15) is 4.79 Å². The van der Waals surface area contributed by atoms with Crippen molar-refractivity contribution in [2.45, 2.75) is 0 Å². The lowest BCUT2D eigenvalue weighted by atomic mass is 10.2. The summed E-state index contributed by atoms with van der Waals surface area (Å²) in [5.41, 5.74) is 0.861. The van der Waals surface area contributed by atoms with Gasteiger partial charge >= 0.3 is 5.91 Å². The number of amides is 1. The summed E-state index contributed by atoms with van der Waals surface area (Å²) in [6, 6.07) is 7.47. The SMILES string of the molecule is C#CC(=O)Nc1n[nH]c2ccccc12. The van der Waals surface area contributed by atoms with Crippen molar-refractivity contribution in [3.63, 3.8) is 0 Å². The van der Waals surface area contributed by atoms with Gasteiger partial charge in [-0.1, -0.05) is 12.1 Å². The Balaban J connectivity index is 2.44. The van der Waals surface area contributed by atoms with Crippen LogP contribution in [0.5, 0.6) is 0 Å². The molecule has 0 radical (unpaired) electrons. The van der Waals surface area contributed by atoms with Crippen LogP contribution in [0.25, 0.3) is 10.9 Å². The molecule has 0 fully saturated rings. The van der Waals surface area contributed by atoms with Crippen molar-refractivity contribution >= 4 is 22.6 Å². The minimum Gasteiger partial charge on any atom is -0.298 e. The first-order valence-electron chi connectivity index (χ1n) is 4.02.